The van der Waals surface area contributed by atoms with Crippen LogP contribution in [0.4, 0.5) is 4.39 Å². The van der Waals surface area contributed by atoms with Crippen molar-refractivity contribution in [2.75, 3.05) is 0 Å². The van der Waals surface area contributed by atoms with Crippen LogP contribution < -0.4 is 5.32 Å². The number of rotatable bonds is 4. The fourth-order valence-electron chi connectivity index (χ4n) is 2.20. The van der Waals surface area contributed by atoms with Crippen LogP contribution in [0.15, 0.2) is 42.5 Å². The molecule has 0 bridgehead atoms. The second-order valence-electron chi connectivity index (χ2n) is 4.98. The van der Waals surface area contributed by atoms with E-state index >= 15 is 0 Å². The van der Waals surface area contributed by atoms with E-state index in [1.165, 1.54) is 12.1 Å². The largest absolute Gasteiger partial charge is 0.341 e. The Hall–Kier alpha value is -1.91. The van der Waals surface area contributed by atoms with Gasteiger partial charge >= 0.3 is 0 Å². The molecule has 3 nitrogen and oxygen atoms in total. The quantitative estimate of drug-likeness (QED) is 0.758. The Kier molecular flexibility index (Phi) is 3.90. The number of H-pyrrole nitrogens is 1. The Morgan fingerprint density at radius 3 is 2.86 bits per heavy atom. The average molecular weight is 304 g/mol. The molecule has 0 radical (unpaired) electrons. The predicted molar refractivity (Wildman–Crippen MR) is 82.8 cm³/mol. The van der Waals surface area contributed by atoms with Gasteiger partial charge in [-0.3, -0.25) is 0 Å². The van der Waals surface area contributed by atoms with Gasteiger partial charge in [0, 0.05) is 11.6 Å². The Labute approximate surface area is 127 Å². The number of halogens is 2. The van der Waals surface area contributed by atoms with Crippen molar-refractivity contribution in [1.82, 2.24) is 15.3 Å². The smallest absolute Gasteiger partial charge is 0.124 e. The second-order valence-corrected chi connectivity index (χ2v) is 5.38. The standard InChI is InChI=1S/C16H15ClFN3/c1-10(16-20-14-4-2-3-5-15(14)21-16)19-9-11-6-7-12(18)8-13(11)17/h2-8,10,19H,9H2,1H3,(H,20,21). The first-order valence-electron chi connectivity index (χ1n) is 6.75. The molecular weight excluding hydrogens is 289 g/mol. The third-order valence-electron chi connectivity index (χ3n) is 3.43. The molecule has 0 aliphatic carbocycles. The van der Waals surface area contributed by atoms with E-state index in [0.29, 0.717) is 11.6 Å². The predicted octanol–water partition coefficient (Wildman–Crippen LogP) is 4.21. The van der Waals surface area contributed by atoms with Crippen molar-refractivity contribution in [3.05, 3.63) is 64.7 Å². The summed E-state index contributed by atoms with van der Waals surface area (Å²) in [6, 6.07) is 12.4. The van der Waals surface area contributed by atoms with Gasteiger partial charge in [0.15, 0.2) is 0 Å². The molecule has 5 heteroatoms. The number of aromatic nitrogens is 2. The van der Waals surface area contributed by atoms with Crippen molar-refractivity contribution in [1.29, 1.82) is 0 Å². The van der Waals surface area contributed by atoms with Crippen LogP contribution >= 0.6 is 11.6 Å². The number of nitrogens with zero attached hydrogens (tertiary/aromatic N) is 1. The molecule has 1 unspecified atom stereocenters. The van der Waals surface area contributed by atoms with Crippen LogP contribution in [0.1, 0.15) is 24.4 Å². The first-order valence-corrected chi connectivity index (χ1v) is 7.13. The molecule has 3 aromatic rings. The summed E-state index contributed by atoms with van der Waals surface area (Å²) in [4.78, 5) is 7.84. The second kappa shape index (κ2) is 5.84. The zero-order chi connectivity index (χ0) is 14.8. The van der Waals surface area contributed by atoms with Crippen LogP contribution in [0.5, 0.6) is 0 Å². The van der Waals surface area contributed by atoms with Gasteiger partial charge in [0.2, 0.25) is 0 Å². The van der Waals surface area contributed by atoms with Crippen LogP contribution in [0.2, 0.25) is 5.02 Å². The van der Waals surface area contributed by atoms with Crippen molar-refractivity contribution in [3.8, 4) is 0 Å². The molecule has 21 heavy (non-hydrogen) atoms. The molecule has 0 saturated heterocycles. The van der Waals surface area contributed by atoms with E-state index in [1.54, 1.807) is 6.07 Å². The fourth-order valence-corrected chi connectivity index (χ4v) is 2.44. The van der Waals surface area contributed by atoms with Gasteiger partial charge in [0.1, 0.15) is 11.6 Å². The maximum atomic E-state index is 13.0. The SMILES string of the molecule is CC(NCc1ccc(F)cc1Cl)c1nc2ccccc2[nH]1. The summed E-state index contributed by atoms with van der Waals surface area (Å²) in [5.41, 5.74) is 2.82. The minimum atomic E-state index is -0.325. The number of benzene rings is 2. The highest BCUT2D eigenvalue weighted by Gasteiger charge is 2.11. The highest BCUT2D eigenvalue weighted by atomic mass is 35.5. The summed E-state index contributed by atoms with van der Waals surface area (Å²) in [5, 5.41) is 3.77. The number of nitrogens with one attached hydrogen (secondary N) is 2. The van der Waals surface area contributed by atoms with E-state index in [0.717, 1.165) is 22.4 Å². The molecule has 1 atom stereocenters. The van der Waals surface area contributed by atoms with E-state index in [-0.39, 0.29) is 11.9 Å². The first kappa shape index (κ1) is 14.0. The van der Waals surface area contributed by atoms with Crippen molar-refractivity contribution >= 4 is 22.6 Å². The lowest BCUT2D eigenvalue weighted by molar-refractivity contribution is 0.551. The summed E-state index contributed by atoms with van der Waals surface area (Å²) in [5.74, 6) is 0.545. The first-order chi connectivity index (χ1) is 10.1. The Bertz CT molecular complexity index is 736. The van der Waals surface area contributed by atoms with Crippen molar-refractivity contribution in [3.63, 3.8) is 0 Å². The molecule has 0 fully saturated rings. The average Bonchev–Trinajstić information content (AvgIpc) is 2.90. The lowest BCUT2D eigenvalue weighted by atomic mass is 10.2. The topological polar surface area (TPSA) is 40.7 Å². The maximum Gasteiger partial charge on any atom is 0.124 e. The number of imidazole rings is 1. The highest BCUT2D eigenvalue weighted by molar-refractivity contribution is 6.31. The third-order valence-corrected chi connectivity index (χ3v) is 3.78. The van der Waals surface area contributed by atoms with Gasteiger partial charge in [-0.1, -0.05) is 29.8 Å². The Balaban J connectivity index is 1.72. The maximum absolute atomic E-state index is 13.0. The number of fused-ring (bicyclic) bond motifs is 1. The normalized spacial score (nSPS) is 12.7. The molecule has 2 aromatic carbocycles. The third kappa shape index (κ3) is 3.06. The summed E-state index contributed by atoms with van der Waals surface area (Å²) in [6.07, 6.45) is 0. The summed E-state index contributed by atoms with van der Waals surface area (Å²) in [7, 11) is 0. The van der Waals surface area contributed by atoms with Crippen molar-refractivity contribution in [2.45, 2.75) is 19.5 Å². The van der Waals surface area contributed by atoms with Gasteiger partial charge in [0.25, 0.3) is 0 Å². The van der Waals surface area contributed by atoms with Gasteiger partial charge in [-0.05, 0) is 36.8 Å². The zero-order valence-corrected chi connectivity index (χ0v) is 12.3. The molecular formula is C16H15ClFN3. The lowest BCUT2D eigenvalue weighted by Crippen LogP contribution is -2.19. The molecule has 1 heterocycles. The van der Waals surface area contributed by atoms with E-state index in [4.69, 9.17) is 11.6 Å². The number of hydrogen-bond acceptors (Lipinski definition) is 2. The molecule has 3 rings (SSSR count). The molecule has 2 N–H and O–H groups in total. The fraction of sp³-hybridized carbons (Fsp3) is 0.188. The number of para-hydroxylation sites is 2. The van der Waals surface area contributed by atoms with E-state index in [2.05, 4.69) is 15.3 Å². The Morgan fingerprint density at radius 1 is 1.29 bits per heavy atom. The van der Waals surface area contributed by atoms with Crippen LogP contribution in [0.25, 0.3) is 11.0 Å². The van der Waals surface area contributed by atoms with E-state index < -0.39 is 0 Å². The Morgan fingerprint density at radius 2 is 2.10 bits per heavy atom. The monoisotopic (exact) mass is 303 g/mol. The summed E-state index contributed by atoms with van der Waals surface area (Å²) < 4.78 is 13.0. The molecule has 0 spiro atoms. The van der Waals surface area contributed by atoms with Gasteiger partial charge in [0.05, 0.1) is 17.1 Å². The van der Waals surface area contributed by atoms with Crippen LogP contribution in [0, 0.1) is 5.82 Å². The molecule has 0 aliphatic rings. The minimum Gasteiger partial charge on any atom is -0.341 e. The van der Waals surface area contributed by atoms with Crippen LogP contribution in [-0.2, 0) is 6.54 Å². The highest BCUT2D eigenvalue weighted by Crippen LogP contribution is 2.19. The van der Waals surface area contributed by atoms with E-state index in [9.17, 15) is 4.39 Å². The number of hydrogen-bond donors (Lipinski definition) is 2. The molecule has 0 saturated carbocycles. The lowest BCUT2D eigenvalue weighted by Gasteiger charge is -2.12. The number of aromatic amines is 1. The van der Waals surface area contributed by atoms with Crippen molar-refractivity contribution in [2.24, 2.45) is 0 Å². The van der Waals surface area contributed by atoms with Gasteiger partial charge in [-0.25, -0.2) is 9.37 Å². The van der Waals surface area contributed by atoms with Gasteiger partial charge < -0.3 is 10.3 Å². The molecule has 108 valence electrons. The summed E-state index contributed by atoms with van der Waals surface area (Å²) in [6.45, 7) is 2.58. The minimum absolute atomic E-state index is 0.0403. The van der Waals surface area contributed by atoms with Gasteiger partial charge in [-0.2, -0.15) is 0 Å². The van der Waals surface area contributed by atoms with Crippen LogP contribution in [0.3, 0.4) is 0 Å². The molecule has 0 aliphatic heterocycles. The van der Waals surface area contributed by atoms with Gasteiger partial charge in [-0.15, -0.1) is 0 Å². The molecule has 1 aromatic heterocycles. The molecule has 0 amide bonds. The zero-order valence-electron chi connectivity index (χ0n) is 11.5. The van der Waals surface area contributed by atoms with Crippen molar-refractivity contribution < 1.29 is 4.39 Å². The summed E-state index contributed by atoms with van der Waals surface area (Å²) >= 11 is 6.02. The van der Waals surface area contributed by atoms with Crippen LogP contribution in [-0.4, -0.2) is 9.97 Å². The van der Waals surface area contributed by atoms with E-state index in [1.807, 2.05) is 31.2 Å².